The average molecular weight is 363 g/mol. The molecule has 0 atom stereocenters. The van der Waals surface area contributed by atoms with E-state index in [1.807, 2.05) is 43.6 Å². The quantitative estimate of drug-likeness (QED) is 0.557. The number of aryl methyl sites for hydroxylation is 2. The van der Waals surface area contributed by atoms with Gasteiger partial charge in [-0.1, -0.05) is 12.1 Å². The summed E-state index contributed by atoms with van der Waals surface area (Å²) >= 11 is 1.67. The Morgan fingerprint density at radius 2 is 2.04 bits per heavy atom. The van der Waals surface area contributed by atoms with Crippen molar-refractivity contribution in [1.29, 1.82) is 0 Å². The van der Waals surface area contributed by atoms with Gasteiger partial charge in [-0.3, -0.25) is 4.79 Å². The van der Waals surface area contributed by atoms with Gasteiger partial charge in [-0.25, -0.2) is 4.98 Å². The summed E-state index contributed by atoms with van der Waals surface area (Å²) in [5, 5.41) is 2.93. The highest BCUT2D eigenvalue weighted by Crippen LogP contribution is 2.38. The third-order valence-corrected chi connectivity index (χ3v) is 5.48. The van der Waals surface area contributed by atoms with Crippen LogP contribution in [0.4, 0.5) is 5.69 Å². The minimum atomic E-state index is -0.120. The van der Waals surface area contributed by atoms with Gasteiger partial charge in [0.15, 0.2) is 12.2 Å². The predicted octanol–water partition coefficient (Wildman–Crippen LogP) is 4.97. The van der Waals surface area contributed by atoms with Crippen molar-refractivity contribution in [2.75, 3.05) is 5.32 Å². The van der Waals surface area contributed by atoms with Crippen molar-refractivity contribution >= 4 is 22.9 Å². The van der Waals surface area contributed by atoms with Gasteiger partial charge >= 0.3 is 0 Å². The number of oxazole rings is 1. The summed E-state index contributed by atoms with van der Waals surface area (Å²) in [4.78, 5) is 18.5. The van der Waals surface area contributed by atoms with Gasteiger partial charge in [0, 0.05) is 23.8 Å². The maximum atomic E-state index is 12.3. The van der Waals surface area contributed by atoms with Gasteiger partial charge in [0.05, 0.1) is 11.1 Å². The molecule has 0 spiro atoms. The molecule has 0 fully saturated rings. The zero-order valence-corrected chi connectivity index (χ0v) is 15.2. The predicted molar refractivity (Wildman–Crippen MR) is 103 cm³/mol. The van der Waals surface area contributed by atoms with Crippen molar-refractivity contribution in [2.45, 2.75) is 6.92 Å². The van der Waals surface area contributed by atoms with Crippen LogP contribution in [0.25, 0.3) is 21.1 Å². The number of nitrogens with one attached hydrogen (secondary N) is 1. The first-order valence-electron chi connectivity index (χ1n) is 8.14. The summed E-state index contributed by atoms with van der Waals surface area (Å²) in [6.45, 7) is 2.08. The van der Waals surface area contributed by atoms with E-state index < -0.39 is 0 Å². The Labute approximate surface area is 154 Å². The number of aromatic nitrogens is 2. The molecular weight excluding hydrogens is 346 g/mol. The lowest BCUT2D eigenvalue weighted by atomic mass is 10.1. The van der Waals surface area contributed by atoms with E-state index in [1.165, 1.54) is 16.8 Å². The van der Waals surface area contributed by atoms with Crippen molar-refractivity contribution in [3.8, 4) is 21.1 Å². The van der Waals surface area contributed by atoms with Crippen LogP contribution < -0.4 is 5.32 Å². The number of hydrogen-bond donors (Lipinski definition) is 1. The Balaban J connectivity index is 1.55. The van der Waals surface area contributed by atoms with Crippen LogP contribution in [0.5, 0.6) is 0 Å². The average Bonchev–Trinajstić information content (AvgIpc) is 3.36. The second-order valence-electron chi connectivity index (χ2n) is 6.02. The van der Waals surface area contributed by atoms with Gasteiger partial charge in [-0.15, -0.1) is 11.3 Å². The topological polar surface area (TPSA) is 60.1 Å². The number of rotatable bonds is 4. The highest BCUT2D eigenvalue weighted by atomic mass is 32.1. The zero-order chi connectivity index (χ0) is 18.1. The van der Waals surface area contributed by atoms with Crippen LogP contribution in [0.2, 0.25) is 0 Å². The van der Waals surface area contributed by atoms with E-state index in [0.29, 0.717) is 5.69 Å². The molecule has 1 N–H and O–H groups in total. The van der Waals surface area contributed by atoms with Gasteiger partial charge in [0.1, 0.15) is 5.69 Å². The molecule has 0 saturated heterocycles. The number of hydrogen-bond acceptors (Lipinski definition) is 4. The smallest absolute Gasteiger partial charge is 0.272 e. The fourth-order valence-electron chi connectivity index (χ4n) is 2.82. The van der Waals surface area contributed by atoms with Gasteiger partial charge in [0.25, 0.3) is 5.91 Å². The second-order valence-corrected chi connectivity index (χ2v) is 7.08. The lowest BCUT2D eigenvalue weighted by Gasteiger charge is -2.07. The number of carbonyl (C=O) groups is 1. The molecule has 3 heterocycles. The minimum Gasteiger partial charge on any atom is -0.443 e. The number of carbonyl (C=O) groups excluding carboxylic acids is 1. The van der Waals surface area contributed by atoms with E-state index in [2.05, 4.69) is 23.3 Å². The summed E-state index contributed by atoms with van der Waals surface area (Å²) in [7, 11) is 1.85. The van der Waals surface area contributed by atoms with Crippen LogP contribution in [0.15, 0.2) is 65.7 Å². The molecule has 0 aliphatic carbocycles. The van der Waals surface area contributed by atoms with Gasteiger partial charge in [-0.2, -0.15) is 0 Å². The monoisotopic (exact) mass is 363 g/mol. The number of benzene rings is 1. The lowest BCUT2D eigenvalue weighted by molar-refractivity contribution is 0.101. The van der Waals surface area contributed by atoms with Gasteiger partial charge in [0.2, 0.25) is 0 Å². The molecule has 0 bridgehead atoms. The summed E-state index contributed by atoms with van der Waals surface area (Å²) in [6.07, 6.45) is 5.01. The molecule has 3 aromatic heterocycles. The van der Waals surface area contributed by atoms with Gasteiger partial charge < -0.3 is 14.3 Å². The fourth-order valence-corrected chi connectivity index (χ4v) is 3.96. The number of nitrogens with zero attached hydrogens (tertiary/aromatic N) is 2. The molecule has 26 heavy (non-hydrogen) atoms. The van der Waals surface area contributed by atoms with E-state index in [0.717, 1.165) is 21.9 Å². The van der Waals surface area contributed by atoms with E-state index in [-0.39, 0.29) is 5.91 Å². The molecule has 130 valence electrons. The third-order valence-electron chi connectivity index (χ3n) is 4.17. The number of amides is 1. The summed E-state index contributed by atoms with van der Waals surface area (Å²) in [5.74, 6) is 0.654. The Morgan fingerprint density at radius 3 is 2.69 bits per heavy atom. The summed E-state index contributed by atoms with van der Waals surface area (Å²) in [6, 6.07) is 13.6. The zero-order valence-electron chi connectivity index (χ0n) is 14.4. The Hall–Kier alpha value is -3.12. The minimum absolute atomic E-state index is 0.120. The van der Waals surface area contributed by atoms with E-state index in [9.17, 15) is 4.79 Å². The molecule has 1 amide bonds. The van der Waals surface area contributed by atoms with Crippen LogP contribution in [0.3, 0.4) is 0 Å². The molecule has 0 aliphatic rings. The molecule has 4 rings (SSSR count). The van der Waals surface area contributed by atoms with E-state index in [1.54, 1.807) is 28.2 Å². The first-order valence-corrected chi connectivity index (χ1v) is 8.96. The SMILES string of the molecule is Cc1cc(-c2cnco2)sc1-c1ccc(NC(=O)c2cccn2C)cc1. The standard InChI is InChI=1S/C20H17N3O2S/c1-13-10-18(17-11-21-12-25-17)26-19(13)14-5-7-15(8-6-14)22-20(24)16-4-3-9-23(16)2/h3-12H,1-2H3,(H,22,24). The van der Waals surface area contributed by atoms with Crippen molar-refractivity contribution in [3.05, 3.63) is 72.5 Å². The van der Waals surface area contributed by atoms with Gasteiger partial charge in [-0.05, 0) is 48.4 Å². The molecule has 0 saturated carbocycles. The van der Waals surface area contributed by atoms with Crippen LogP contribution in [-0.4, -0.2) is 15.5 Å². The highest BCUT2D eigenvalue weighted by molar-refractivity contribution is 7.19. The molecule has 5 nitrogen and oxygen atoms in total. The van der Waals surface area contributed by atoms with Crippen LogP contribution >= 0.6 is 11.3 Å². The molecule has 1 aromatic carbocycles. The second kappa shape index (κ2) is 6.65. The maximum absolute atomic E-state index is 12.3. The Kier molecular flexibility index (Phi) is 4.18. The lowest BCUT2D eigenvalue weighted by Crippen LogP contribution is -2.15. The number of thiophene rings is 1. The van der Waals surface area contributed by atoms with E-state index >= 15 is 0 Å². The summed E-state index contributed by atoms with van der Waals surface area (Å²) < 4.78 is 7.18. The Morgan fingerprint density at radius 1 is 1.23 bits per heavy atom. The van der Waals surface area contributed by atoms with E-state index in [4.69, 9.17) is 4.42 Å². The summed E-state index contributed by atoms with van der Waals surface area (Å²) in [5.41, 5.74) is 3.68. The fraction of sp³-hybridized carbons (Fsp3) is 0.100. The highest BCUT2D eigenvalue weighted by Gasteiger charge is 2.13. The number of anilines is 1. The van der Waals surface area contributed by atoms with Crippen molar-refractivity contribution < 1.29 is 9.21 Å². The maximum Gasteiger partial charge on any atom is 0.272 e. The van der Waals surface area contributed by atoms with Crippen molar-refractivity contribution in [2.24, 2.45) is 7.05 Å². The molecule has 4 aromatic rings. The normalized spacial score (nSPS) is 10.8. The molecule has 0 unspecified atom stereocenters. The molecule has 0 radical (unpaired) electrons. The first kappa shape index (κ1) is 16.4. The van der Waals surface area contributed by atoms with Crippen LogP contribution in [0, 0.1) is 6.92 Å². The molecule has 6 heteroatoms. The molecular formula is C20H17N3O2S. The largest absolute Gasteiger partial charge is 0.443 e. The first-order chi connectivity index (χ1) is 12.6. The Bertz CT molecular complexity index is 1040. The molecule has 0 aliphatic heterocycles. The van der Waals surface area contributed by atoms with Crippen molar-refractivity contribution in [1.82, 2.24) is 9.55 Å². The van der Waals surface area contributed by atoms with Crippen LogP contribution in [0.1, 0.15) is 16.1 Å². The third kappa shape index (κ3) is 3.07. The van der Waals surface area contributed by atoms with Crippen LogP contribution in [-0.2, 0) is 7.05 Å². The van der Waals surface area contributed by atoms with Crippen molar-refractivity contribution in [3.63, 3.8) is 0 Å².